The summed E-state index contributed by atoms with van der Waals surface area (Å²) >= 11 is 0. The van der Waals surface area contributed by atoms with Crippen molar-refractivity contribution in [3.8, 4) is 0 Å². The minimum atomic E-state index is -0.200. The van der Waals surface area contributed by atoms with Gasteiger partial charge in [0.05, 0.1) is 0 Å². The molecule has 0 spiro atoms. The highest BCUT2D eigenvalue weighted by molar-refractivity contribution is 5.73. The summed E-state index contributed by atoms with van der Waals surface area (Å²) in [6.45, 7) is 3.81. The van der Waals surface area contributed by atoms with Gasteiger partial charge >= 0.3 is 0 Å². The maximum atomic E-state index is 10.6. The molecule has 0 bridgehead atoms. The molecule has 0 aromatic carbocycles. The summed E-state index contributed by atoms with van der Waals surface area (Å²) in [5, 5.41) is 0. The van der Waals surface area contributed by atoms with Crippen molar-refractivity contribution in [2.45, 2.75) is 25.7 Å². The number of rotatable bonds is 5. The Bertz CT molecular complexity index is 176. The summed E-state index contributed by atoms with van der Waals surface area (Å²) in [4.78, 5) is 12.9. The lowest BCUT2D eigenvalue weighted by molar-refractivity contribution is -0.118. The number of primary amides is 1. The highest BCUT2D eigenvalue weighted by Crippen LogP contribution is 2.19. The van der Waals surface area contributed by atoms with E-state index in [1.165, 1.54) is 12.8 Å². The van der Waals surface area contributed by atoms with Gasteiger partial charge < -0.3 is 16.4 Å². The average molecular weight is 199 g/mol. The molecule has 4 nitrogen and oxygen atoms in total. The molecule has 1 fully saturated rings. The predicted molar refractivity (Wildman–Crippen MR) is 56.6 cm³/mol. The third-order valence-electron chi connectivity index (χ3n) is 2.96. The topological polar surface area (TPSA) is 72.3 Å². The van der Waals surface area contributed by atoms with Crippen molar-refractivity contribution in [2.24, 2.45) is 17.4 Å². The molecule has 1 saturated heterocycles. The van der Waals surface area contributed by atoms with Gasteiger partial charge in [0, 0.05) is 13.0 Å². The Balaban J connectivity index is 2.12. The van der Waals surface area contributed by atoms with Crippen LogP contribution in [-0.2, 0) is 4.79 Å². The van der Waals surface area contributed by atoms with Gasteiger partial charge in [-0.2, -0.15) is 0 Å². The number of hydrogen-bond donors (Lipinski definition) is 2. The van der Waals surface area contributed by atoms with Crippen LogP contribution in [0.4, 0.5) is 0 Å². The van der Waals surface area contributed by atoms with Crippen LogP contribution in [-0.4, -0.2) is 37.0 Å². The lowest BCUT2D eigenvalue weighted by Crippen LogP contribution is -2.36. The van der Waals surface area contributed by atoms with E-state index in [1.54, 1.807) is 0 Å². The Morgan fingerprint density at radius 2 is 2.00 bits per heavy atom. The molecule has 1 aliphatic heterocycles. The van der Waals surface area contributed by atoms with E-state index in [9.17, 15) is 4.79 Å². The standard InChI is InChI=1S/C10H21N3O/c11-5-1-9-2-6-13(7-3-9)8-4-10(12)14/h9H,1-8,11H2,(H2,12,14). The third-order valence-corrected chi connectivity index (χ3v) is 2.96. The molecular weight excluding hydrogens is 178 g/mol. The second kappa shape index (κ2) is 5.98. The average Bonchev–Trinajstić information content (AvgIpc) is 2.17. The molecule has 4 heteroatoms. The molecule has 4 N–H and O–H groups in total. The quantitative estimate of drug-likeness (QED) is 0.650. The van der Waals surface area contributed by atoms with Gasteiger partial charge in [-0.25, -0.2) is 0 Å². The van der Waals surface area contributed by atoms with Crippen LogP contribution in [0.25, 0.3) is 0 Å². The molecule has 0 aromatic heterocycles. The fraction of sp³-hybridized carbons (Fsp3) is 0.900. The number of nitrogens with zero attached hydrogens (tertiary/aromatic N) is 1. The number of hydrogen-bond acceptors (Lipinski definition) is 3. The van der Waals surface area contributed by atoms with Crippen molar-refractivity contribution < 1.29 is 4.79 Å². The number of piperidine rings is 1. The van der Waals surface area contributed by atoms with E-state index < -0.39 is 0 Å². The van der Waals surface area contributed by atoms with Gasteiger partial charge in [-0.15, -0.1) is 0 Å². The van der Waals surface area contributed by atoms with Gasteiger partial charge in [0.2, 0.25) is 5.91 Å². The first kappa shape index (κ1) is 11.5. The maximum Gasteiger partial charge on any atom is 0.218 e. The van der Waals surface area contributed by atoms with E-state index in [4.69, 9.17) is 11.5 Å². The highest BCUT2D eigenvalue weighted by atomic mass is 16.1. The molecule has 1 amide bonds. The van der Waals surface area contributed by atoms with Gasteiger partial charge in [0.1, 0.15) is 0 Å². The summed E-state index contributed by atoms with van der Waals surface area (Å²) < 4.78 is 0. The van der Waals surface area contributed by atoms with E-state index in [1.807, 2.05) is 0 Å². The van der Waals surface area contributed by atoms with Crippen LogP contribution in [0.5, 0.6) is 0 Å². The van der Waals surface area contributed by atoms with Crippen LogP contribution in [0.1, 0.15) is 25.7 Å². The lowest BCUT2D eigenvalue weighted by atomic mass is 9.93. The summed E-state index contributed by atoms with van der Waals surface area (Å²) in [5.41, 5.74) is 10.6. The molecule has 14 heavy (non-hydrogen) atoms. The predicted octanol–water partition coefficient (Wildman–Crippen LogP) is -0.0774. The largest absolute Gasteiger partial charge is 0.370 e. The smallest absolute Gasteiger partial charge is 0.218 e. The fourth-order valence-electron chi connectivity index (χ4n) is 2.00. The van der Waals surface area contributed by atoms with Crippen molar-refractivity contribution in [3.05, 3.63) is 0 Å². The zero-order valence-electron chi connectivity index (χ0n) is 8.74. The second-order valence-electron chi connectivity index (χ2n) is 4.08. The van der Waals surface area contributed by atoms with Crippen molar-refractivity contribution in [2.75, 3.05) is 26.2 Å². The molecule has 1 aliphatic rings. The SMILES string of the molecule is NCCC1CCN(CCC(N)=O)CC1. The van der Waals surface area contributed by atoms with E-state index >= 15 is 0 Å². The summed E-state index contributed by atoms with van der Waals surface area (Å²) in [6, 6.07) is 0. The molecule has 0 radical (unpaired) electrons. The van der Waals surface area contributed by atoms with Crippen LogP contribution in [0.2, 0.25) is 0 Å². The van der Waals surface area contributed by atoms with E-state index in [0.717, 1.165) is 38.5 Å². The Labute approximate surface area is 85.6 Å². The minimum absolute atomic E-state index is 0.200. The first-order valence-electron chi connectivity index (χ1n) is 5.43. The normalized spacial score (nSPS) is 19.8. The van der Waals surface area contributed by atoms with Crippen LogP contribution in [0, 0.1) is 5.92 Å². The van der Waals surface area contributed by atoms with Crippen molar-refractivity contribution in [1.29, 1.82) is 0 Å². The third kappa shape index (κ3) is 4.07. The van der Waals surface area contributed by atoms with Crippen molar-refractivity contribution in [3.63, 3.8) is 0 Å². The van der Waals surface area contributed by atoms with Crippen LogP contribution >= 0.6 is 0 Å². The fourth-order valence-corrected chi connectivity index (χ4v) is 2.00. The Morgan fingerprint density at radius 1 is 1.36 bits per heavy atom. The van der Waals surface area contributed by atoms with Crippen LogP contribution < -0.4 is 11.5 Å². The lowest BCUT2D eigenvalue weighted by Gasteiger charge is -2.31. The molecule has 0 unspecified atom stereocenters. The van der Waals surface area contributed by atoms with Gasteiger partial charge in [-0.3, -0.25) is 4.79 Å². The first-order chi connectivity index (χ1) is 6.72. The molecule has 0 saturated carbocycles. The zero-order valence-corrected chi connectivity index (χ0v) is 8.74. The van der Waals surface area contributed by atoms with E-state index in [0.29, 0.717) is 6.42 Å². The highest BCUT2D eigenvalue weighted by Gasteiger charge is 2.18. The summed E-state index contributed by atoms with van der Waals surface area (Å²) in [5.74, 6) is 0.596. The molecule has 0 aliphatic carbocycles. The minimum Gasteiger partial charge on any atom is -0.370 e. The molecule has 82 valence electrons. The van der Waals surface area contributed by atoms with Crippen LogP contribution in [0.15, 0.2) is 0 Å². The zero-order chi connectivity index (χ0) is 10.4. The number of carbonyl (C=O) groups excluding carboxylic acids is 1. The second-order valence-corrected chi connectivity index (χ2v) is 4.08. The van der Waals surface area contributed by atoms with E-state index in [-0.39, 0.29) is 5.91 Å². The monoisotopic (exact) mass is 199 g/mol. The van der Waals surface area contributed by atoms with Crippen LogP contribution in [0.3, 0.4) is 0 Å². The summed E-state index contributed by atoms with van der Waals surface area (Å²) in [7, 11) is 0. The molecule has 0 atom stereocenters. The first-order valence-corrected chi connectivity index (χ1v) is 5.43. The Morgan fingerprint density at radius 3 is 2.50 bits per heavy atom. The number of carbonyl (C=O) groups is 1. The number of likely N-dealkylation sites (tertiary alicyclic amines) is 1. The Hall–Kier alpha value is -0.610. The molecular formula is C10H21N3O. The molecule has 1 rings (SSSR count). The van der Waals surface area contributed by atoms with Gasteiger partial charge in [0.25, 0.3) is 0 Å². The number of amides is 1. The summed E-state index contributed by atoms with van der Waals surface area (Å²) in [6.07, 6.45) is 4.07. The Kier molecular flexibility index (Phi) is 4.90. The molecule has 1 heterocycles. The van der Waals surface area contributed by atoms with Crippen molar-refractivity contribution in [1.82, 2.24) is 4.90 Å². The van der Waals surface area contributed by atoms with Gasteiger partial charge in [-0.05, 0) is 44.8 Å². The van der Waals surface area contributed by atoms with Crippen molar-refractivity contribution >= 4 is 5.91 Å². The maximum absolute atomic E-state index is 10.6. The van der Waals surface area contributed by atoms with Gasteiger partial charge in [-0.1, -0.05) is 0 Å². The van der Waals surface area contributed by atoms with Gasteiger partial charge in [0.15, 0.2) is 0 Å². The molecule has 0 aromatic rings. The van der Waals surface area contributed by atoms with E-state index in [2.05, 4.69) is 4.90 Å². The number of nitrogens with two attached hydrogens (primary N) is 2.